The summed E-state index contributed by atoms with van der Waals surface area (Å²) in [4.78, 5) is 8.53. The minimum absolute atomic E-state index is 0.945. The molecule has 0 N–H and O–H groups in total. The van der Waals surface area contributed by atoms with Crippen molar-refractivity contribution in [3.05, 3.63) is 15.6 Å². The van der Waals surface area contributed by atoms with Crippen LogP contribution in [0, 0.1) is 6.92 Å². The van der Waals surface area contributed by atoms with Crippen LogP contribution in [0.5, 0.6) is 0 Å². The highest BCUT2D eigenvalue weighted by atomic mass is 79.9. The van der Waals surface area contributed by atoms with E-state index >= 15 is 0 Å². The molecule has 84 valence electrons. The molecule has 0 spiro atoms. The van der Waals surface area contributed by atoms with E-state index in [1.54, 1.807) is 0 Å². The number of halogens is 1. The fraction of sp³-hybridized carbons (Fsp3) is 0.727. The summed E-state index contributed by atoms with van der Waals surface area (Å²) in [5, 5.41) is 2.24. The summed E-state index contributed by atoms with van der Waals surface area (Å²) < 4.78 is 0. The number of aryl methyl sites for hydroxylation is 1. The Morgan fingerprint density at radius 2 is 2.13 bits per heavy atom. The summed E-state index contributed by atoms with van der Waals surface area (Å²) in [5.41, 5.74) is 1.20. The number of rotatable bonds is 4. The van der Waals surface area contributed by atoms with Gasteiger partial charge in [0.05, 0.1) is 10.7 Å². The van der Waals surface area contributed by atoms with Gasteiger partial charge in [0.15, 0.2) is 0 Å². The van der Waals surface area contributed by atoms with Crippen molar-refractivity contribution in [3.63, 3.8) is 0 Å². The molecule has 0 unspecified atom stereocenters. The molecular weight excluding hydrogens is 272 g/mol. The number of hydrogen-bond donors (Lipinski definition) is 0. The van der Waals surface area contributed by atoms with Gasteiger partial charge in [-0.3, -0.25) is 0 Å². The van der Waals surface area contributed by atoms with Gasteiger partial charge in [-0.2, -0.15) is 0 Å². The molecule has 0 aliphatic carbocycles. The maximum atomic E-state index is 4.60. The molecule has 1 aromatic heterocycles. The first-order valence-corrected chi connectivity index (χ1v) is 7.47. The maximum absolute atomic E-state index is 4.60. The third kappa shape index (κ3) is 3.02. The molecule has 2 heterocycles. The first kappa shape index (κ1) is 11.6. The van der Waals surface area contributed by atoms with Crippen LogP contribution in [0.15, 0.2) is 0 Å². The van der Waals surface area contributed by atoms with E-state index in [9.17, 15) is 0 Å². The molecular formula is C11H17BrN2S. The van der Waals surface area contributed by atoms with Crippen LogP contribution >= 0.6 is 27.3 Å². The zero-order chi connectivity index (χ0) is 10.7. The van der Waals surface area contributed by atoms with E-state index in [0.29, 0.717) is 0 Å². The number of nitrogens with zero attached hydrogens (tertiary/aromatic N) is 2. The molecule has 0 saturated carbocycles. The lowest BCUT2D eigenvalue weighted by atomic mass is 10.4. The van der Waals surface area contributed by atoms with Gasteiger partial charge >= 0.3 is 0 Å². The van der Waals surface area contributed by atoms with Crippen LogP contribution in [-0.4, -0.2) is 29.5 Å². The molecule has 2 rings (SSSR count). The lowest BCUT2D eigenvalue weighted by molar-refractivity contribution is 0.343. The van der Waals surface area contributed by atoms with Crippen molar-refractivity contribution in [1.29, 1.82) is 0 Å². The van der Waals surface area contributed by atoms with Crippen molar-refractivity contribution in [3.8, 4) is 0 Å². The summed E-state index contributed by atoms with van der Waals surface area (Å²) in [6.07, 6.45) is 3.88. The molecule has 0 amide bonds. The van der Waals surface area contributed by atoms with Gasteiger partial charge in [0.25, 0.3) is 0 Å². The highest BCUT2D eigenvalue weighted by molar-refractivity contribution is 9.08. The van der Waals surface area contributed by atoms with Crippen LogP contribution in [0.25, 0.3) is 0 Å². The topological polar surface area (TPSA) is 16.1 Å². The Morgan fingerprint density at radius 1 is 1.40 bits per heavy atom. The molecule has 0 atom stereocenters. The minimum Gasteiger partial charge on any atom is -0.303 e. The standard InChI is InChI=1S/C11H17BrN2S/c1-9-10(8-12)15-11(13-9)4-7-14-5-2-3-6-14/h2-8H2,1H3. The Kier molecular flexibility index (Phi) is 4.17. The van der Waals surface area contributed by atoms with Gasteiger partial charge < -0.3 is 4.90 Å². The quantitative estimate of drug-likeness (QED) is 0.792. The van der Waals surface area contributed by atoms with E-state index in [1.807, 2.05) is 11.3 Å². The van der Waals surface area contributed by atoms with Gasteiger partial charge in [0.2, 0.25) is 0 Å². The van der Waals surface area contributed by atoms with Gasteiger partial charge in [0, 0.05) is 23.2 Å². The third-order valence-corrected chi connectivity index (χ3v) is 5.05. The monoisotopic (exact) mass is 288 g/mol. The number of hydrogen-bond acceptors (Lipinski definition) is 3. The molecule has 1 fully saturated rings. The summed E-state index contributed by atoms with van der Waals surface area (Å²) in [7, 11) is 0. The zero-order valence-corrected chi connectivity index (χ0v) is 11.5. The van der Waals surface area contributed by atoms with Crippen LogP contribution < -0.4 is 0 Å². The predicted octanol–water partition coefficient (Wildman–Crippen LogP) is 2.98. The molecule has 0 bridgehead atoms. The number of alkyl halides is 1. The Hall–Kier alpha value is 0.0700. The molecule has 1 saturated heterocycles. The van der Waals surface area contributed by atoms with Crippen molar-refractivity contribution in [2.24, 2.45) is 0 Å². The van der Waals surface area contributed by atoms with Gasteiger partial charge in [-0.1, -0.05) is 15.9 Å². The average molecular weight is 289 g/mol. The van der Waals surface area contributed by atoms with Crippen LogP contribution in [-0.2, 0) is 11.8 Å². The van der Waals surface area contributed by atoms with E-state index in [0.717, 1.165) is 11.8 Å². The summed E-state index contributed by atoms with van der Waals surface area (Å²) in [6.45, 7) is 5.87. The Bertz CT molecular complexity index is 318. The molecule has 0 aromatic carbocycles. The second-order valence-corrected chi connectivity index (χ2v) is 5.78. The number of thiazole rings is 1. The fourth-order valence-electron chi connectivity index (χ4n) is 1.98. The molecule has 1 aliphatic rings. The Labute approximate surface area is 104 Å². The van der Waals surface area contributed by atoms with Gasteiger partial charge in [0.1, 0.15) is 0 Å². The number of aromatic nitrogens is 1. The van der Waals surface area contributed by atoms with Crippen molar-refractivity contribution in [1.82, 2.24) is 9.88 Å². The molecule has 1 aliphatic heterocycles. The Balaban J connectivity index is 1.87. The molecule has 4 heteroatoms. The second-order valence-electron chi connectivity index (χ2n) is 4.05. The summed E-state index contributed by atoms with van der Waals surface area (Å²) >= 11 is 5.36. The van der Waals surface area contributed by atoms with Crippen LogP contribution in [0.1, 0.15) is 28.4 Å². The SMILES string of the molecule is Cc1nc(CCN2CCCC2)sc1CBr. The maximum Gasteiger partial charge on any atom is 0.0944 e. The highest BCUT2D eigenvalue weighted by Gasteiger charge is 2.12. The van der Waals surface area contributed by atoms with Crippen LogP contribution in [0.3, 0.4) is 0 Å². The first-order chi connectivity index (χ1) is 7.29. The molecule has 15 heavy (non-hydrogen) atoms. The normalized spacial score (nSPS) is 17.5. The van der Waals surface area contributed by atoms with Crippen molar-refractivity contribution >= 4 is 27.3 Å². The largest absolute Gasteiger partial charge is 0.303 e. The van der Waals surface area contributed by atoms with E-state index in [2.05, 4.69) is 32.7 Å². The smallest absolute Gasteiger partial charge is 0.0944 e. The lowest BCUT2D eigenvalue weighted by Gasteiger charge is -2.12. The molecule has 1 aromatic rings. The zero-order valence-electron chi connectivity index (χ0n) is 9.13. The third-order valence-electron chi connectivity index (χ3n) is 2.90. The van der Waals surface area contributed by atoms with Crippen LogP contribution in [0.4, 0.5) is 0 Å². The molecule has 0 radical (unpaired) electrons. The predicted molar refractivity (Wildman–Crippen MR) is 68.9 cm³/mol. The van der Waals surface area contributed by atoms with Gasteiger partial charge in [-0.25, -0.2) is 4.98 Å². The van der Waals surface area contributed by atoms with E-state index in [-0.39, 0.29) is 0 Å². The van der Waals surface area contributed by atoms with E-state index < -0.39 is 0 Å². The van der Waals surface area contributed by atoms with Gasteiger partial charge in [-0.05, 0) is 32.9 Å². The molecule has 2 nitrogen and oxygen atoms in total. The van der Waals surface area contributed by atoms with Crippen molar-refractivity contribution < 1.29 is 0 Å². The average Bonchev–Trinajstić information content (AvgIpc) is 2.83. The summed E-state index contributed by atoms with van der Waals surface area (Å²) in [5.74, 6) is 0. The minimum atomic E-state index is 0.945. The van der Waals surface area contributed by atoms with Gasteiger partial charge in [-0.15, -0.1) is 11.3 Å². The fourth-order valence-corrected chi connectivity index (χ4v) is 3.64. The lowest BCUT2D eigenvalue weighted by Crippen LogP contribution is -2.21. The van der Waals surface area contributed by atoms with E-state index in [4.69, 9.17) is 0 Å². The highest BCUT2D eigenvalue weighted by Crippen LogP contribution is 2.21. The van der Waals surface area contributed by atoms with Crippen molar-refractivity contribution in [2.45, 2.75) is 31.5 Å². The number of likely N-dealkylation sites (tertiary alicyclic amines) is 1. The first-order valence-electron chi connectivity index (χ1n) is 5.53. The van der Waals surface area contributed by atoms with Crippen LogP contribution in [0.2, 0.25) is 0 Å². The second kappa shape index (κ2) is 5.41. The summed E-state index contributed by atoms with van der Waals surface area (Å²) in [6, 6.07) is 0. The van der Waals surface area contributed by atoms with E-state index in [1.165, 1.54) is 48.1 Å². The van der Waals surface area contributed by atoms with Crippen molar-refractivity contribution in [2.75, 3.05) is 19.6 Å². The Morgan fingerprint density at radius 3 is 2.73 bits per heavy atom.